The van der Waals surface area contributed by atoms with Crippen molar-refractivity contribution < 1.29 is 4.79 Å². The average Bonchev–Trinajstić information content (AvgIpc) is 2.26. The molecule has 0 radical (unpaired) electrons. The van der Waals surface area contributed by atoms with Crippen LogP contribution in [-0.4, -0.2) is 36.0 Å². The van der Waals surface area contributed by atoms with Crippen LogP contribution in [0.2, 0.25) is 0 Å². The lowest BCUT2D eigenvalue weighted by atomic mass is 9.92. The zero-order valence-electron chi connectivity index (χ0n) is 10.6. The van der Waals surface area contributed by atoms with Gasteiger partial charge in [-0.25, -0.2) is 0 Å². The Morgan fingerprint density at radius 3 is 3.00 bits per heavy atom. The van der Waals surface area contributed by atoms with Gasteiger partial charge in [-0.2, -0.15) is 11.8 Å². The third-order valence-electron chi connectivity index (χ3n) is 3.01. The van der Waals surface area contributed by atoms with Crippen molar-refractivity contribution in [1.29, 1.82) is 0 Å². The quantitative estimate of drug-likeness (QED) is 0.772. The molecule has 0 aromatic rings. The van der Waals surface area contributed by atoms with E-state index in [0.29, 0.717) is 5.92 Å². The summed E-state index contributed by atoms with van der Waals surface area (Å²) in [6.45, 7) is 7.35. The lowest BCUT2D eigenvalue weighted by Gasteiger charge is -2.30. The van der Waals surface area contributed by atoms with E-state index in [1.807, 2.05) is 11.8 Å². The molecule has 3 atom stereocenters. The second kappa shape index (κ2) is 7.17. The molecule has 1 aliphatic rings. The van der Waals surface area contributed by atoms with Crippen molar-refractivity contribution in [2.45, 2.75) is 45.7 Å². The molecule has 1 rings (SSSR count). The van der Waals surface area contributed by atoms with Crippen molar-refractivity contribution in [3.8, 4) is 0 Å². The van der Waals surface area contributed by atoms with Crippen molar-refractivity contribution in [2.24, 2.45) is 5.92 Å². The molecule has 94 valence electrons. The van der Waals surface area contributed by atoms with Gasteiger partial charge in [-0.15, -0.1) is 0 Å². The smallest absolute Gasteiger partial charge is 0.237 e. The van der Waals surface area contributed by atoms with Crippen LogP contribution in [0.15, 0.2) is 0 Å². The van der Waals surface area contributed by atoms with Gasteiger partial charge in [-0.3, -0.25) is 4.79 Å². The molecule has 0 saturated carbocycles. The molecular weight excluding hydrogens is 220 g/mol. The van der Waals surface area contributed by atoms with Crippen molar-refractivity contribution in [2.75, 3.05) is 18.1 Å². The highest BCUT2D eigenvalue weighted by Gasteiger charge is 2.27. The third-order valence-corrected chi connectivity index (χ3v) is 4.16. The Morgan fingerprint density at radius 1 is 1.62 bits per heavy atom. The van der Waals surface area contributed by atoms with Gasteiger partial charge in [0.25, 0.3) is 0 Å². The van der Waals surface area contributed by atoms with Gasteiger partial charge < -0.3 is 10.6 Å². The maximum Gasteiger partial charge on any atom is 0.237 e. The molecule has 0 aliphatic carbocycles. The molecule has 0 aromatic carbocycles. The van der Waals surface area contributed by atoms with E-state index >= 15 is 0 Å². The van der Waals surface area contributed by atoms with Crippen LogP contribution in [0.1, 0.15) is 33.6 Å². The fourth-order valence-corrected chi connectivity index (χ4v) is 2.74. The minimum atomic E-state index is 0.0165. The fourth-order valence-electron chi connectivity index (χ4n) is 2.07. The Kier molecular flexibility index (Phi) is 6.21. The van der Waals surface area contributed by atoms with Crippen molar-refractivity contribution >= 4 is 17.7 Å². The Hall–Kier alpha value is -0.220. The summed E-state index contributed by atoms with van der Waals surface area (Å²) in [6, 6.07) is 0.288. The van der Waals surface area contributed by atoms with Gasteiger partial charge in [-0.1, -0.05) is 13.8 Å². The Balaban J connectivity index is 2.32. The molecule has 0 spiro atoms. The number of carbonyl (C=O) groups excluding carboxylic acids is 1. The third kappa shape index (κ3) is 4.34. The highest BCUT2D eigenvalue weighted by molar-refractivity contribution is 7.99. The first-order chi connectivity index (χ1) is 7.65. The molecule has 2 N–H and O–H groups in total. The lowest BCUT2D eigenvalue weighted by molar-refractivity contribution is -0.125. The maximum atomic E-state index is 12.0. The summed E-state index contributed by atoms with van der Waals surface area (Å²) in [5, 5.41) is 6.40. The Bertz CT molecular complexity index is 223. The molecule has 4 heteroatoms. The second-order valence-electron chi connectivity index (χ2n) is 4.62. The van der Waals surface area contributed by atoms with E-state index in [2.05, 4.69) is 31.4 Å². The van der Waals surface area contributed by atoms with Crippen LogP contribution < -0.4 is 10.6 Å². The lowest BCUT2D eigenvalue weighted by Crippen LogP contribution is -2.53. The topological polar surface area (TPSA) is 41.1 Å². The van der Waals surface area contributed by atoms with E-state index in [9.17, 15) is 4.79 Å². The van der Waals surface area contributed by atoms with Gasteiger partial charge in [0.05, 0.1) is 6.04 Å². The number of amides is 1. The summed E-state index contributed by atoms with van der Waals surface area (Å²) in [7, 11) is 0. The number of carbonyl (C=O) groups is 1. The summed E-state index contributed by atoms with van der Waals surface area (Å²) in [5.41, 5.74) is 0. The summed E-state index contributed by atoms with van der Waals surface area (Å²) >= 11 is 1.87. The summed E-state index contributed by atoms with van der Waals surface area (Å²) in [4.78, 5) is 12.0. The molecule has 0 bridgehead atoms. The normalized spacial score (nSPS) is 27.4. The molecule has 3 unspecified atom stereocenters. The first kappa shape index (κ1) is 13.8. The zero-order valence-corrected chi connectivity index (χ0v) is 11.4. The van der Waals surface area contributed by atoms with Gasteiger partial charge >= 0.3 is 0 Å². The molecular formula is C12H24N2OS. The SMILES string of the molecule is CCSCC(C)NC(=O)C1NCCCC1C. The van der Waals surface area contributed by atoms with Crippen LogP contribution in [0, 0.1) is 5.92 Å². The van der Waals surface area contributed by atoms with E-state index < -0.39 is 0 Å². The van der Waals surface area contributed by atoms with Crippen LogP contribution in [0.25, 0.3) is 0 Å². The number of thioether (sulfide) groups is 1. The molecule has 1 saturated heterocycles. The highest BCUT2D eigenvalue weighted by atomic mass is 32.2. The first-order valence-electron chi connectivity index (χ1n) is 6.26. The van der Waals surface area contributed by atoms with Gasteiger partial charge in [-0.05, 0) is 38.0 Å². The Labute approximate surface area is 103 Å². The van der Waals surface area contributed by atoms with Crippen molar-refractivity contribution in [1.82, 2.24) is 10.6 Å². The second-order valence-corrected chi connectivity index (χ2v) is 5.94. The zero-order chi connectivity index (χ0) is 12.0. The van der Waals surface area contributed by atoms with Gasteiger partial charge in [0.1, 0.15) is 0 Å². The largest absolute Gasteiger partial charge is 0.351 e. The van der Waals surface area contributed by atoms with Crippen LogP contribution >= 0.6 is 11.8 Å². The molecule has 16 heavy (non-hydrogen) atoms. The van der Waals surface area contributed by atoms with E-state index in [0.717, 1.165) is 24.5 Å². The fraction of sp³-hybridized carbons (Fsp3) is 0.917. The van der Waals surface area contributed by atoms with Gasteiger partial charge in [0, 0.05) is 11.8 Å². The highest BCUT2D eigenvalue weighted by Crippen LogP contribution is 2.15. The minimum absolute atomic E-state index is 0.0165. The number of hydrogen-bond donors (Lipinski definition) is 2. The van der Waals surface area contributed by atoms with Gasteiger partial charge in [0.2, 0.25) is 5.91 Å². The predicted octanol–water partition coefficient (Wildman–Crippen LogP) is 1.63. The monoisotopic (exact) mass is 244 g/mol. The van der Waals surface area contributed by atoms with E-state index in [4.69, 9.17) is 0 Å². The van der Waals surface area contributed by atoms with Crippen molar-refractivity contribution in [3.05, 3.63) is 0 Å². The summed E-state index contributed by atoms with van der Waals surface area (Å²) < 4.78 is 0. The van der Waals surface area contributed by atoms with Crippen molar-refractivity contribution in [3.63, 3.8) is 0 Å². The van der Waals surface area contributed by atoms with Crippen LogP contribution in [0.5, 0.6) is 0 Å². The standard InChI is InChI=1S/C12H24N2OS/c1-4-16-8-10(3)14-12(15)11-9(2)6-5-7-13-11/h9-11,13H,4-8H2,1-3H3,(H,14,15). The number of piperidine rings is 1. The molecule has 1 aliphatic heterocycles. The predicted molar refractivity (Wildman–Crippen MR) is 70.8 cm³/mol. The minimum Gasteiger partial charge on any atom is -0.351 e. The molecule has 3 nitrogen and oxygen atoms in total. The summed E-state index contributed by atoms with van der Waals surface area (Å²) in [6.07, 6.45) is 2.34. The average molecular weight is 244 g/mol. The molecule has 0 aromatic heterocycles. The summed E-state index contributed by atoms with van der Waals surface area (Å²) in [5.74, 6) is 2.75. The number of rotatable bonds is 5. The molecule has 1 fully saturated rings. The molecule has 1 amide bonds. The van der Waals surface area contributed by atoms with E-state index in [-0.39, 0.29) is 18.0 Å². The van der Waals surface area contributed by atoms with Crippen LogP contribution in [0.3, 0.4) is 0 Å². The number of hydrogen-bond acceptors (Lipinski definition) is 3. The van der Waals surface area contributed by atoms with Crippen LogP contribution in [0.4, 0.5) is 0 Å². The maximum absolute atomic E-state index is 12.0. The number of nitrogens with one attached hydrogen (secondary N) is 2. The van der Waals surface area contributed by atoms with E-state index in [1.54, 1.807) is 0 Å². The van der Waals surface area contributed by atoms with Crippen LogP contribution in [-0.2, 0) is 4.79 Å². The molecule has 1 heterocycles. The van der Waals surface area contributed by atoms with E-state index in [1.165, 1.54) is 6.42 Å². The Morgan fingerprint density at radius 2 is 2.38 bits per heavy atom. The van der Waals surface area contributed by atoms with Gasteiger partial charge in [0.15, 0.2) is 0 Å². The first-order valence-corrected chi connectivity index (χ1v) is 7.42.